The molecule has 0 saturated carbocycles. The van der Waals surface area contributed by atoms with Crippen LogP contribution in [-0.2, 0) is 5.75 Å². The Balaban J connectivity index is 1.57. The minimum atomic E-state index is 0.502. The summed E-state index contributed by atoms with van der Waals surface area (Å²) >= 11 is 5.03. The highest BCUT2D eigenvalue weighted by molar-refractivity contribution is 9.10. The van der Waals surface area contributed by atoms with Crippen molar-refractivity contribution in [1.82, 2.24) is 20.2 Å². The van der Waals surface area contributed by atoms with Crippen LogP contribution < -0.4 is 5.43 Å². The molecule has 122 valence electrons. The molecular weight excluding hydrogens is 388 g/mol. The third kappa shape index (κ3) is 4.65. The maximum Gasteiger partial charge on any atom is 0.240 e. The van der Waals surface area contributed by atoms with Crippen LogP contribution in [0.3, 0.4) is 0 Å². The second-order valence-electron chi connectivity index (χ2n) is 4.91. The van der Waals surface area contributed by atoms with E-state index in [-0.39, 0.29) is 0 Å². The lowest BCUT2D eigenvalue weighted by Gasteiger charge is -1.99. The number of H-pyrrole nitrogens is 1. The molecule has 2 heterocycles. The summed E-state index contributed by atoms with van der Waals surface area (Å²) in [6.45, 7) is 1.88. The van der Waals surface area contributed by atoms with Gasteiger partial charge in [0.25, 0.3) is 0 Å². The van der Waals surface area contributed by atoms with E-state index in [0.717, 1.165) is 21.6 Å². The van der Waals surface area contributed by atoms with Crippen molar-refractivity contribution in [2.75, 3.05) is 5.43 Å². The zero-order chi connectivity index (χ0) is 16.8. The van der Waals surface area contributed by atoms with Gasteiger partial charge in [-0.2, -0.15) is 10.1 Å². The van der Waals surface area contributed by atoms with Crippen molar-refractivity contribution in [1.29, 1.82) is 0 Å². The number of hydrazone groups is 1. The number of anilines is 1. The minimum absolute atomic E-state index is 0.502. The Bertz CT molecular complexity index is 833. The van der Waals surface area contributed by atoms with Gasteiger partial charge in [-0.15, -0.1) is 5.10 Å². The molecule has 2 aromatic heterocycles. The molecule has 1 aromatic carbocycles. The molecule has 2 N–H and O–H groups in total. The van der Waals surface area contributed by atoms with E-state index < -0.39 is 0 Å². The summed E-state index contributed by atoms with van der Waals surface area (Å²) in [6, 6.07) is 13.9. The van der Waals surface area contributed by atoms with Crippen LogP contribution in [0.4, 0.5) is 5.95 Å². The average molecular weight is 403 g/mol. The third-order valence-corrected chi connectivity index (χ3v) is 4.50. The summed E-state index contributed by atoms with van der Waals surface area (Å²) in [7, 11) is 0. The van der Waals surface area contributed by atoms with E-state index >= 15 is 0 Å². The molecule has 24 heavy (non-hydrogen) atoms. The maximum atomic E-state index is 4.36. The topological polar surface area (TPSA) is 78.9 Å². The summed E-state index contributed by atoms with van der Waals surface area (Å²) < 4.78 is 1.07. The number of aromatic nitrogens is 4. The highest BCUT2D eigenvalue weighted by Crippen LogP contribution is 2.21. The fourth-order valence-electron chi connectivity index (χ4n) is 1.91. The number of hydrogen-bond acceptors (Lipinski definition) is 6. The quantitative estimate of drug-likeness (QED) is 0.368. The van der Waals surface area contributed by atoms with Crippen LogP contribution in [0.1, 0.15) is 18.2 Å². The Morgan fingerprint density at radius 2 is 2.21 bits per heavy atom. The van der Waals surface area contributed by atoms with Crippen molar-refractivity contribution >= 4 is 39.4 Å². The molecule has 3 rings (SSSR count). The number of hydrogen-bond donors (Lipinski definition) is 2. The van der Waals surface area contributed by atoms with E-state index in [1.165, 1.54) is 5.56 Å². The maximum absolute atomic E-state index is 4.36. The molecular formula is C16H15BrN6S. The molecule has 0 aliphatic carbocycles. The van der Waals surface area contributed by atoms with Gasteiger partial charge in [0.2, 0.25) is 11.1 Å². The van der Waals surface area contributed by atoms with Gasteiger partial charge < -0.3 is 0 Å². The first-order valence-corrected chi connectivity index (χ1v) is 9.00. The second-order valence-corrected chi connectivity index (χ2v) is 6.77. The van der Waals surface area contributed by atoms with Gasteiger partial charge >= 0.3 is 0 Å². The summed E-state index contributed by atoms with van der Waals surface area (Å²) in [5.74, 6) is 1.30. The highest BCUT2D eigenvalue weighted by atomic mass is 79.9. The summed E-state index contributed by atoms with van der Waals surface area (Å²) in [5, 5.41) is 11.9. The lowest BCUT2D eigenvalue weighted by Crippen LogP contribution is -2.02. The normalized spacial score (nSPS) is 11.5. The van der Waals surface area contributed by atoms with E-state index in [4.69, 9.17) is 0 Å². The van der Waals surface area contributed by atoms with Gasteiger partial charge in [0, 0.05) is 16.4 Å². The Kier molecular flexibility index (Phi) is 5.60. The van der Waals surface area contributed by atoms with Gasteiger partial charge in [0.05, 0.1) is 11.4 Å². The number of nitrogens with one attached hydrogen (secondary N) is 2. The van der Waals surface area contributed by atoms with Crippen LogP contribution in [-0.4, -0.2) is 25.9 Å². The van der Waals surface area contributed by atoms with E-state index in [1.54, 1.807) is 18.0 Å². The third-order valence-electron chi connectivity index (χ3n) is 3.09. The number of halogens is 1. The second kappa shape index (κ2) is 8.07. The molecule has 0 radical (unpaired) electrons. The number of nitrogens with zero attached hydrogens (tertiary/aromatic N) is 4. The zero-order valence-electron chi connectivity index (χ0n) is 12.9. The molecule has 8 heteroatoms. The molecule has 0 atom stereocenters. The van der Waals surface area contributed by atoms with Crippen LogP contribution in [0.2, 0.25) is 0 Å². The Hall–Kier alpha value is -2.19. The zero-order valence-corrected chi connectivity index (χ0v) is 15.3. The number of thioether (sulfide) groups is 1. The van der Waals surface area contributed by atoms with Crippen molar-refractivity contribution in [3.63, 3.8) is 0 Å². The van der Waals surface area contributed by atoms with Crippen molar-refractivity contribution in [2.24, 2.45) is 5.10 Å². The molecule has 0 amide bonds. The predicted octanol–water partition coefficient (Wildman–Crippen LogP) is 4.09. The standard InChI is InChI=1S/C16H15BrN6S/c1-11(14-7-2-3-8-18-14)20-21-15-19-16(23-22-15)24-10-12-5-4-6-13(17)9-12/h2-9H,10H2,1H3,(H2,19,21,22,23)/b20-11+. The molecule has 3 aromatic rings. The Morgan fingerprint density at radius 3 is 3.00 bits per heavy atom. The van der Waals surface area contributed by atoms with Crippen molar-refractivity contribution < 1.29 is 0 Å². The molecule has 0 fully saturated rings. The van der Waals surface area contributed by atoms with Crippen LogP contribution in [0.5, 0.6) is 0 Å². The highest BCUT2D eigenvalue weighted by Gasteiger charge is 2.05. The summed E-state index contributed by atoms with van der Waals surface area (Å²) in [5.41, 5.74) is 5.66. The van der Waals surface area contributed by atoms with Gasteiger partial charge in [-0.05, 0) is 36.8 Å². The molecule has 0 bridgehead atoms. The van der Waals surface area contributed by atoms with Crippen LogP contribution in [0, 0.1) is 0 Å². The Morgan fingerprint density at radius 1 is 1.29 bits per heavy atom. The fraction of sp³-hybridized carbons (Fsp3) is 0.125. The predicted molar refractivity (Wildman–Crippen MR) is 100 cm³/mol. The number of pyridine rings is 1. The molecule has 6 nitrogen and oxygen atoms in total. The first kappa shape index (κ1) is 16.7. The number of benzene rings is 1. The van der Waals surface area contributed by atoms with Gasteiger partial charge in [-0.3, -0.25) is 4.98 Å². The first-order valence-electron chi connectivity index (χ1n) is 7.22. The average Bonchev–Trinajstić information content (AvgIpc) is 3.07. The molecule has 0 aliphatic rings. The van der Waals surface area contributed by atoms with Crippen LogP contribution >= 0.6 is 27.7 Å². The van der Waals surface area contributed by atoms with Crippen LogP contribution in [0.15, 0.2) is 63.4 Å². The smallest absolute Gasteiger partial charge is 0.240 e. The molecule has 0 saturated heterocycles. The molecule has 0 aliphatic heterocycles. The van der Waals surface area contributed by atoms with Gasteiger partial charge in [-0.25, -0.2) is 10.5 Å². The van der Waals surface area contributed by atoms with E-state index in [2.05, 4.69) is 58.8 Å². The summed E-state index contributed by atoms with van der Waals surface area (Å²) in [4.78, 5) is 8.60. The van der Waals surface area contributed by atoms with E-state index in [1.807, 2.05) is 37.3 Å². The van der Waals surface area contributed by atoms with Gasteiger partial charge in [0.1, 0.15) is 0 Å². The largest absolute Gasteiger partial charge is 0.255 e. The SMILES string of the molecule is C/C(=N\Nc1nc(SCc2cccc(Br)c2)n[nH]1)c1ccccn1. The fourth-order valence-corrected chi connectivity index (χ4v) is 3.09. The number of aromatic amines is 1. The van der Waals surface area contributed by atoms with Crippen molar-refractivity contribution in [2.45, 2.75) is 17.8 Å². The minimum Gasteiger partial charge on any atom is -0.255 e. The molecule has 0 spiro atoms. The Labute approximate surface area is 152 Å². The van der Waals surface area contributed by atoms with Crippen molar-refractivity contribution in [3.8, 4) is 0 Å². The lowest BCUT2D eigenvalue weighted by molar-refractivity contribution is 0.972. The van der Waals surface area contributed by atoms with E-state index in [9.17, 15) is 0 Å². The molecule has 0 unspecified atom stereocenters. The monoisotopic (exact) mass is 402 g/mol. The summed E-state index contributed by atoms with van der Waals surface area (Å²) in [6.07, 6.45) is 1.74. The van der Waals surface area contributed by atoms with Gasteiger partial charge in [0.15, 0.2) is 0 Å². The van der Waals surface area contributed by atoms with Crippen LogP contribution in [0.25, 0.3) is 0 Å². The van der Waals surface area contributed by atoms with Crippen molar-refractivity contribution in [3.05, 3.63) is 64.4 Å². The number of rotatable bonds is 6. The first-order chi connectivity index (χ1) is 11.7. The van der Waals surface area contributed by atoms with E-state index in [0.29, 0.717) is 11.1 Å². The van der Waals surface area contributed by atoms with Gasteiger partial charge in [-0.1, -0.05) is 45.9 Å². The lowest BCUT2D eigenvalue weighted by atomic mass is 10.2.